The van der Waals surface area contributed by atoms with Gasteiger partial charge in [-0.15, -0.1) is 0 Å². The zero-order chi connectivity index (χ0) is 20.3. The number of pyridine rings is 1. The number of aromatic amines is 1. The van der Waals surface area contributed by atoms with E-state index in [0.29, 0.717) is 0 Å². The van der Waals surface area contributed by atoms with Crippen LogP contribution in [0.1, 0.15) is 23.1 Å². The largest absolute Gasteiger partial charge is 0.361 e. The van der Waals surface area contributed by atoms with Crippen molar-refractivity contribution in [2.24, 2.45) is 0 Å². The third kappa shape index (κ3) is 3.67. The molecule has 3 heteroatoms. The van der Waals surface area contributed by atoms with Crippen molar-refractivity contribution in [3.63, 3.8) is 0 Å². The van der Waals surface area contributed by atoms with E-state index in [1.807, 2.05) is 12.3 Å². The molecule has 30 heavy (non-hydrogen) atoms. The Morgan fingerprint density at radius 2 is 1.67 bits per heavy atom. The van der Waals surface area contributed by atoms with Gasteiger partial charge in [0, 0.05) is 40.1 Å². The Kier molecular flexibility index (Phi) is 4.94. The average Bonchev–Trinajstić information content (AvgIpc) is 3.19. The van der Waals surface area contributed by atoms with E-state index in [2.05, 4.69) is 95.1 Å². The van der Waals surface area contributed by atoms with Crippen LogP contribution in [-0.2, 0) is 12.8 Å². The second kappa shape index (κ2) is 8.03. The Morgan fingerprint density at radius 3 is 2.57 bits per heavy atom. The zero-order valence-electron chi connectivity index (χ0n) is 17.2. The lowest BCUT2D eigenvalue weighted by atomic mass is 10.0. The van der Waals surface area contributed by atoms with Crippen LogP contribution in [0.2, 0.25) is 0 Å². The number of nitrogens with zero attached hydrogens (tertiary/aromatic N) is 1. The first-order valence-corrected chi connectivity index (χ1v) is 10.5. The van der Waals surface area contributed by atoms with Crippen molar-refractivity contribution >= 4 is 33.2 Å². The zero-order valence-corrected chi connectivity index (χ0v) is 17.2. The van der Waals surface area contributed by atoms with Crippen molar-refractivity contribution in [1.82, 2.24) is 9.97 Å². The van der Waals surface area contributed by atoms with Gasteiger partial charge in [0.15, 0.2) is 0 Å². The smallest absolute Gasteiger partial charge is 0.0751 e. The minimum atomic E-state index is 1.05. The molecular weight excluding hydrogens is 366 g/mol. The summed E-state index contributed by atoms with van der Waals surface area (Å²) in [4.78, 5) is 7.90. The van der Waals surface area contributed by atoms with Gasteiger partial charge in [-0.3, -0.25) is 4.98 Å². The van der Waals surface area contributed by atoms with Crippen LogP contribution in [0.4, 0.5) is 11.4 Å². The summed E-state index contributed by atoms with van der Waals surface area (Å²) in [7, 11) is 0. The van der Waals surface area contributed by atoms with Crippen LogP contribution in [0.5, 0.6) is 0 Å². The van der Waals surface area contributed by atoms with Gasteiger partial charge in [0.05, 0.1) is 5.52 Å². The van der Waals surface area contributed by atoms with Crippen molar-refractivity contribution in [3.8, 4) is 0 Å². The number of para-hydroxylation sites is 2. The van der Waals surface area contributed by atoms with E-state index >= 15 is 0 Å². The molecule has 2 N–H and O–H groups in total. The molecule has 0 atom stereocenters. The first kappa shape index (κ1) is 18.4. The molecule has 0 amide bonds. The summed E-state index contributed by atoms with van der Waals surface area (Å²) in [5.74, 6) is 0. The Morgan fingerprint density at radius 1 is 0.833 bits per heavy atom. The number of rotatable bonds is 6. The van der Waals surface area contributed by atoms with E-state index in [0.717, 1.165) is 41.5 Å². The number of benzene rings is 3. The minimum absolute atomic E-state index is 1.05. The van der Waals surface area contributed by atoms with Gasteiger partial charge in [-0.25, -0.2) is 0 Å². The molecular formula is C27H25N3. The molecule has 2 aromatic heterocycles. The highest BCUT2D eigenvalue weighted by atomic mass is 14.9. The molecule has 0 aliphatic carbocycles. The maximum Gasteiger partial charge on any atom is 0.0751 e. The fourth-order valence-corrected chi connectivity index (χ4v) is 4.16. The SMILES string of the molecule is Cc1cccc2c(Nc3ccc(CCCc4c[nH]c5ccccc45)cc3)ccnc12. The summed E-state index contributed by atoms with van der Waals surface area (Å²) in [6, 6.07) is 25.7. The molecule has 0 unspecified atom stereocenters. The Hall–Kier alpha value is -3.59. The lowest BCUT2D eigenvalue weighted by Crippen LogP contribution is -1.94. The van der Waals surface area contributed by atoms with Crippen LogP contribution in [0.25, 0.3) is 21.8 Å². The predicted octanol–water partition coefficient (Wildman–Crippen LogP) is 6.94. The van der Waals surface area contributed by atoms with Gasteiger partial charge in [0.2, 0.25) is 0 Å². The number of anilines is 2. The molecule has 5 rings (SSSR count). The first-order valence-electron chi connectivity index (χ1n) is 10.5. The number of aromatic nitrogens is 2. The number of hydrogen-bond donors (Lipinski definition) is 2. The van der Waals surface area contributed by atoms with Crippen LogP contribution in [0.15, 0.2) is 85.2 Å². The van der Waals surface area contributed by atoms with Gasteiger partial charge in [-0.1, -0.05) is 48.5 Å². The van der Waals surface area contributed by atoms with Crippen LogP contribution >= 0.6 is 0 Å². The summed E-state index contributed by atoms with van der Waals surface area (Å²) in [6.45, 7) is 2.10. The third-order valence-corrected chi connectivity index (χ3v) is 5.79. The number of fused-ring (bicyclic) bond motifs is 2. The molecule has 0 spiro atoms. The molecule has 0 saturated carbocycles. The van der Waals surface area contributed by atoms with Crippen molar-refractivity contribution in [3.05, 3.63) is 102 Å². The van der Waals surface area contributed by atoms with Gasteiger partial charge in [0.25, 0.3) is 0 Å². The van der Waals surface area contributed by atoms with Gasteiger partial charge in [-0.2, -0.15) is 0 Å². The summed E-state index contributed by atoms with van der Waals surface area (Å²) in [5.41, 5.74) is 8.44. The lowest BCUT2D eigenvalue weighted by molar-refractivity contribution is 0.825. The van der Waals surface area contributed by atoms with E-state index in [1.54, 1.807) is 0 Å². The molecule has 0 fully saturated rings. The van der Waals surface area contributed by atoms with E-state index in [-0.39, 0.29) is 0 Å². The summed E-state index contributed by atoms with van der Waals surface area (Å²) in [5, 5.41) is 6.05. The quantitative estimate of drug-likeness (QED) is 0.329. The lowest BCUT2D eigenvalue weighted by Gasteiger charge is -2.11. The second-order valence-electron chi connectivity index (χ2n) is 7.86. The maximum atomic E-state index is 4.53. The number of nitrogens with one attached hydrogen (secondary N) is 2. The highest BCUT2D eigenvalue weighted by Crippen LogP contribution is 2.27. The average molecular weight is 392 g/mol. The highest BCUT2D eigenvalue weighted by molar-refractivity contribution is 5.94. The van der Waals surface area contributed by atoms with Crippen molar-refractivity contribution < 1.29 is 0 Å². The second-order valence-corrected chi connectivity index (χ2v) is 7.86. The van der Waals surface area contributed by atoms with E-state index in [9.17, 15) is 0 Å². The Balaban J connectivity index is 1.24. The predicted molar refractivity (Wildman–Crippen MR) is 127 cm³/mol. The number of H-pyrrole nitrogens is 1. The molecule has 5 aromatic rings. The molecule has 0 aliphatic rings. The standard InChI is InChI=1S/C27H25N3/c1-19-6-4-10-24-26(16-17-28-27(19)24)30-22-14-12-20(13-15-22)7-5-8-21-18-29-25-11-3-2-9-23(21)25/h2-4,6,9-18,29H,5,7-8H2,1H3,(H,28,30). The van der Waals surface area contributed by atoms with Crippen molar-refractivity contribution in [2.45, 2.75) is 26.2 Å². The monoisotopic (exact) mass is 391 g/mol. The summed E-state index contributed by atoms with van der Waals surface area (Å²) >= 11 is 0. The topological polar surface area (TPSA) is 40.7 Å². The van der Waals surface area contributed by atoms with E-state index in [1.165, 1.54) is 27.6 Å². The van der Waals surface area contributed by atoms with E-state index < -0.39 is 0 Å². The van der Waals surface area contributed by atoms with E-state index in [4.69, 9.17) is 0 Å². The summed E-state index contributed by atoms with van der Waals surface area (Å²) < 4.78 is 0. The van der Waals surface area contributed by atoms with Gasteiger partial charge >= 0.3 is 0 Å². The fourth-order valence-electron chi connectivity index (χ4n) is 4.16. The van der Waals surface area contributed by atoms with Crippen molar-refractivity contribution in [2.75, 3.05) is 5.32 Å². The number of hydrogen-bond acceptors (Lipinski definition) is 2. The molecule has 0 radical (unpaired) electrons. The highest BCUT2D eigenvalue weighted by Gasteiger charge is 2.05. The normalized spacial score (nSPS) is 11.2. The molecule has 3 aromatic carbocycles. The molecule has 0 bridgehead atoms. The van der Waals surface area contributed by atoms with Crippen molar-refractivity contribution in [1.29, 1.82) is 0 Å². The van der Waals surface area contributed by atoms with Crippen LogP contribution < -0.4 is 5.32 Å². The maximum absolute atomic E-state index is 4.53. The molecule has 2 heterocycles. The first-order chi connectivity index (χ1) is 14.8. The number of aryl methyl sites for hydroxylation is 3. The molecule has 3 nitrogen and oxygen atoms in total. The fraction of sp³-hybridized carbons (Fsp3) is 0.148. The minimum Gasteiger partial charge on any atom is -0.361 e. The molecule has 148 valence electrons. The molecule has 0 aliphatic heterocycles. The van der Waals surface area contributed by atoms with Crippen LogP contribution in [0.3, 0.4) is 0 Å². The van der Waals surface area contributed by atoms with Gasteiger partial charge in [0.1, 0.15) is 0 Å². The van der Waals surface area contributed by atoms with Crippen LogP contribution in [0, 0.1) is 6.92 Å². The third-order valence-electron chi connectivity index (χ3n) is 5.79. The molecule has 0 saturated heterocycles. The Labute approximate surface area is 176 Å². The summed E-state index contributed by atoms with van der Waals surface area (Å²) in [6.07, 6.45) is 7.33. The van der Waals surface area contributed by atoms with Gasteiger partial charge in [-0.05, 0) is 67.1 Å². The Bertz CT molecular complexity index is 1300. The van der Waals surface area contributed by atoms with Crippen LogP contribution in [-0.4, -0.2) is 9.97 Å². The van der Waals surface area contributed by atoms with Gasteiger partial charge < -0.3 is 10.3 Å².